The van der Waals surface area contributed by atoms with Crippen molar-refractivity contribution in [3.8, 4) is 11.1 Å². The van der Waals surface area contributed by atoms with Crippen LogP contribution in [0.25, 0.3) is 11.1 Å². The lowest BCUT2D eigenvalue weighted by atomic mass is 10.00. The molecule has 0 bridgehead atoms. The van der Waals surface area contributed by atoms with Crippen molar-refractivity contribution >= 4 is 15.9 Å². The normalized spacial score (nSPS) is 11.3. The summed E-state index contributed by atoms with van der Waals surface area (Å²) in [4.78, 5) is 12.4. The van der Waals surface area contributed by atoms with Gasteiger partial charge < -0.3 is 0 Å². The van der Waals surface area contributed by atoms with Crippen molar-refractivity contribution in [2.45, 2.75) is 64.7 Å². The molecule has 186 valence electrons. The second-order valence-corrected chi connectivity index (χ2v) is 11.0. The average molecular weight is 492 g/mol. The zero-order valence-electron chi connectivity index (χ0n) is 20.7. The summed E-state index contributed by atoms with van der Waals surface area (Å²) in [6.07, 6.45) is 8.86. The number of nitrogens with one attached hydrogen (secondary N) is 1. The van der Waals surface area contributed by atoms with Gasteiger partial charge in [-0.05, 0) is 60.1 Å². The molecule has 5 heteroatoms. The van der Waals surface area contributed by atoms with Crippen LogP contribution in [0.15, 0.2) is 78.9 Å². The van der Waals surface area contributed by atoms with E-state index in [0.717, 1.165) is 50.5 Å². The lowest BCUT2D eigenvalue weighted by Gasteiger charge is -2.08. The van der Waals surface area contributed by atoms with Gasteiger partial charge in [0, 0.05) is 5.56 Å². The Labute approximate surface area is 210 Å². The molecule has 3 aromatic carbocycles. The van der Waals surface area contributed by atoms with Gasteiger partial charge in [0.25, 0.3) is 5.91 Å². The lowest BCUT2D eigenvalue weighted by molar-refractivity contribution is 0.0981. The first-order valence-electron chi connectivity index (χ1n) is 12.7. The molecule has 0 radical (unpaired) electrons. The first-order valence-corrected chi connectivity index (χ1v) is 14.4. The van der Waals surface area contributed by atoms with Crippen LogP contribution in [0.1, 0.15) is 73.4 Å². The second-order valence-electron chi connectivity index (χ2n) is 9.13. The molecule has 0 heterocycles. The van der Waals surface area contributed by atoms with E-state index < -0.39 is 15.9 Å². The van der Waals surface area contributed by atoms with Crippen LogP contribution in [0, 0.1) is 0 Å². The maximum Gasteiger partial charge on any atom is 0.264 e. The van der Waals surface area contributed by atoms with Gasteiger partial charge in [-0.1, -0.05) is 106 Å². The van der Waals surface area contributed by atoms with Crippen LogP contribution in [0.5, 0.6) is 0 Å². The third kappa shape index (κ3) is 9.33. The molecule has 0 spiro atoms. The van der Waals surface area contributed by atoms with Gasteiger partial charge in [-0.3, -0.25) is 4.79 Å². The number of unbranched alkanes of at least 4 members (excludes halogenated alkanes) is 5. The van der Waals surface area contributed by atoms with Crippen LogP contribution >= 0.6 is 0 Å². The molecule has 3 rings (SSSR count). The molecule has 0 aromatic heterocycles. The van der Waals surface area contributed by atoms with E-state index in [4.69, 9.17) is 0 Å². The van der Waals surface area contributed by atoms with Crippen LogP contribution in [-0.4, -0.2) is 20.1 Å². The largest absolute Gasteiger partial charge is 0.268 e. The number of benzene rings is 3. The smallest absolute Gasteiger partial charge is 0.264 e. The Morgan fingerprint density at radius 1 is 0.657 bits per heavy atom. The summed E-state index contributed by atoms with van der Waals surface area (Å²) < 4.78 is 26.6. The first kappa shape index (κ1) is 26.7. The zero-order chi connectivity index (χ0) is 24.9. The van der Waals surface area contributed by atoms with E-state index in [0.29, 0.717) is 12.0 Å². The predicted molar refractivity (Wildman–Crippen MR) is 145 cm³/mol. The maximum absolute atomic E-state index is 12.4. The molecule has 3 aromatic rings. The van der Waals surface area contributed by atoms with E-state index in [1.165, 1.54) is 23.1 Å². The maximum atomic E-state index is 12.4. The third-order valence-corrected chi connectivity index (χ3v) is 7.55. The number of hydrogen-bond donors (Lipinski definition) is 1. The van der Waals surface area contributed by atoms with Crippen LogP contribution in [0.3, 0.4) is 0 Å². The summed E-state index contributed by atoms with van der Waals surface area (Å²) in [5.74, 6) is -0.559. The fraction of sp³-hybridized carbons (Fsp3) is 0.367. The van der Waals surface area contributed by atoms with E-state index in [-0.39, 0.29) is 5.75 Å². The molecule has 1 N–H and O–H groups in total. The predicted octanol–water partition coefficient (Wildman–Crippen LogP) is 6.95. The number of carbonyl (C=O) groups excluding carboxylic acids is 1. The van der Waals surface area contributed by atoms with Crippen molar-refractivity contribution in [1.29, 1.82) is 0 Å². The van der Waals surface area contributed by atoms with Crippen molar-refractivity contribution < 1.29 is 13.2 Å². The van der Waals surface area contributed by atoms with Crippen molar-refractivity contribution in [2.75, 3.05) is 5.75 Å². The molecule has 35 heavy (non-hydrogen) atoms. The zero-order valence-corrected chi connectivity index (χ0v) is 21.5. The highest BCUT2D eigenvalue weighted by Gasteiger charge is 2.15. The fourth-order valence-corrected chi connectivity index (χ4v) is 5.22. The summed E-state index contributed by atoms with van der Waals surface area (Å²) in [7, 11) is -3.60. The number of hydrogen-bond acceptors (Lipinski definition) is 3. The lowest BCUT2D eigenvalue weighted by Crippen LogP contribution is -2.32. The molecular formula is C30H37NO3S. The van der Waals surface area contributed by atoms with Gasteiger partial charge >= 0.3 is 0 Å². The minimum Gasteiger partial charge on any atom is -0.268 e. The number of amides is 1. The second kappa shape index (κ2) is 13.8. The van der Waals surface area contributed by atoms with Crippen LogP contribution in [0.2, 0.25) is 0 Å². The molecule has 4 nitrogen and oxygen atoms in total. The van der Waals surface area contributed by atoms with E-state index in [1.54, 1.807) is 12.1 Å². The van der Waals surface area contributed by atoms with Gasteiger partial charge in [-0.2, -0.15) is 0 Å². The highest BCUT2D eigenvalue weighted by molar-refractivity contribution is 7.90. The number of aryl methyl sites for hydroxylation is 2. The summed E-state index contributed by atoms with van der Waals surface area (Å²) in [6.45, 7) is 2.15. The summed E-state index contributed by atoms with van der Waals surface area (Å²) in [5, 5.41) is 0. The van der Waals surface area contributed by atoms with Crippen molar-refractivity contribution in [3.63, 3.8) is 0 Å². The van der Waals surface area contributed by atoms with Gasteiger partial charge in [0.2, 0.25) is 10.0 Å². The van der Waals surface area contributed by atoms with Gasteiger partial charge in [0.05, 0.1) is 5.75 Å². The highest BCUT2D eigenvalue weighted by atomic mass is 32.2. The quantitative estimate of drug-likeness (QED) is 0.248. The number of rotatable bonds is 14. The van der Waals surface area contributed by atoms with E-state index in [2.05, 4.69) is 48.0 Å². The Hall–Kier alpha value is -2.92. The Bertz CT molecular complexity index is 1140. The monoisotopic (exact) mass is 491 g/mol. The van der Waals surface area contributed by atoms with Crippen molar-refractivity contribution in [3.05, 3.63) is 95.6 Å². The van der Waals surface area contributed by atoms with Gasteiger partial charge in [-0.25, -0.2) is 13.1 Å². The minimum absolute atomic E-state index is 0.00469. The van der Waals surface area contributed by atoms with Crippen molar-refractivity contribution in [1.82, 2.24) is 4.72 Å². The summed E-state index contributed by atoms with van der Waals surface area (Å²) in [5.41, 5.74) is 5.25. The summed E-state index contributed by atoms with van der Waals surface area (Å²) >= 11 is 0. The van der Waals surface area contributed by atoms with E-state index in [1.807, 2.05) is 30.3 Å². The Kier molecular flexibility index (Phi) is 10.5. The molecule has 0 saturated heterocycles. The van der Waals surface area contributed by atoms with Gasteiger partial charge in [0.15, 0.2) is 0 Å². The van der Waals surface area contributed by atoms with E-state index in [9.17, 15) is 13.2 Å². The molecule has 0 unspecified atom stereocenters. The number of sulfonamides is 1. The molecule has 0 saturated carbocycles. The Morgan fingerprint density at radius 2 is 1.20 bits per heavy atom. The SMILES string of the molecule is CCCCCCCCS(=O)(=O)NC(=O)c1ccc(CCCc2ccc(-c3ccccc3)cc2)cc1. The molecule has 0 aliphatic carbocycles. The third-order valence-electron chi connectivity index (χ3n) is 6.22. The first-order chi connectivity index (χ1) is 17.0. The van der Waals surface area contributed by atoms with Crippen LogP contribution in [-0.2, 0) is 22.9 Å². The molecule has 1 amide bonds. The standard InChI is InChI=1S/C30H37NO3S/c1-2-3-4-5-6-10-24-35(33,34)31-30(32)29-22-18-26(19-23-29)13-11-12-25-16-20-28(21-17-25)27-14-8-7-9-15-27/h7-9,14-23H,2-6,10-13,24H2,1H3,(H,31,32). The Balaban J connectivity index is 1.41. The van der Waals surface area contributed by atoms with Gasteiger partial charge in [0.1, 0.15) is 0 Å². The molecule has 0 aliphatic heterocycles. The topological polar surface area (TPSA) is 63.2 Å². The minimum atomic E-state index is -3.60. The average Bonchev–Trinajstić information content (AvgIpc) is 2.87. The van der Waals surface area contributed by atoms with Crippen LogP contribution in [0.4, 0.5) is 0 Å². The summed E-state index contributed by atoms with van der Waals surface area (Å²) in [6, 6.07) is 26.3. The van der Waals surface area contributed by atoms with Crippen LogP contribution < -0.4 is 4.72 Å². The van der Waals surface area contributed by atoms with E-state index >= 15 is 0 Å². The molecule has 0 fully saturated rings. The highest BCUT2D eigenvalue weighted by Crippen LogP contribution is 2.20. The molecule has 0 aliphatic rings. The number of carbonyl (C=O) groups is 1. The fourth-order valence-electron chi connectivity index (χ4n) is 4.14. The molecular weight excluding hydrogens is 454 g/mol. The van der Waals surface area contributed by atoms with Gasteiger partial charge in [-0.15, -0.1) is 0 Å². The Morgan fingerprint density at radius 3 is 1.83 bits per heavy atom. The van der Waals surface area contributed by atoms with Crippen molar-refractivity contribution in [2.24, 2.45) is 0 Å². The molecule has 0 atom stereocenters.